The third-order valence-corrected chi connectivity index (χ3v) is 3.47. The zero-order valence-electron chi connectivity index (χ0n) is 11.6. The number of hydrogen-bond acceptors (Lipinski definition) is 7. The molecular formula is C14H10FN5O2S. The Labute approximate surface area is 134 Å². The highest BCUT2D eigenvalue weighted by molar-refractivity contribution is 7.15. The fourth-order valence-electron chi connectivity index (χ4n) is 1.62. The minimum absolute atomic E-state index is 0.171. The average molecular weight is 331 g/mol. The monoisotopic (exact) mass is 331 g/mol. The minimum atomic E-state index is -0.416. The molecule has 0 spiro atoms. The molecule has 9 heteroatoms. The van der Waals surface area contributed by atoms with Crippen LogP contribution in [0.25, 0.3) is 0 Å². The molecule has 0 aliphatic carbocycles. The zero-order chi connectivity index (χ0) is 16.1. The Kier molecular flexibility index (Phi) is 4.48. The summed E-state index contributed by atoms with van der Waals surface area (Å²) in [5, 5.41) is 11.3. The van der Waals surface area contributed by atoms with Crippen molar-refractivity contribution in [3.05, 3.63) is 59.4 Å². The molecule has 23 heavy (non-hydrogen) atoms. The number of ether oxygens (including phenoxy) is 1. The van der Waals surface area contributed by atoms with Crippen molar-refractivity contribution in [1.82, 2.24) is 20.2 Å². The Hall–Kier alpha value is -2.94. The highest BCUT2D eigenvalue weighted by atomic mass is 32.1. The van der Waals surface area contributed by atoms with Gasteiger partial charge in [-0.15, -0.1) is 10.2 Å². The van der Waals surface area contributed by atoms with Crippen molar-refractivity contribution in [2.45, 2.75) is 6.61 Å². The first-order valence-corrected chi connectivity index (χ1v) is 7.30. The molecular weight excluding hydrogens is 321 g/mol. The number of rotatable bonds is 5. The molecule has 0 unspecified atom stereocenters. The molecule has 0 saturated carbocycles. The summed E-state index contributed by atoms with van der Waals surface area (Å²) in [6.07, 6.45) is 4.26. The Morgan fingerprint density at radius 3 is 2.78 bits per heavy atom. The number of anilines is 1. The van der Waals surface area contributed by atoms with Crippen LogP contribution in [0.15, 0.2) is 42.9 Å². The van der Waals surface area contributed by atoms with Crippen molar-refractivity contribution in [2.75, 3.05) is 5.32 Å². The number of carbonyl (C=O) groups is 1. The third-order valence-electron chi connectivity index (χ3n) is 2.66. The second kappa shape index (κ2) is 6.88. The Balaban J connectivity index is 1.57. The predicted octanol–water partition coefficient (Wildman–Crippen LogP) is 2.30. The van der Waals surface area contributed by atoms with E-state index in [0.29, 0.717) is 15.9 Å². The van der Waals surface area contributed by atoms with Crippen LogP contribution in [-0.2, 0) is 6.61 Å². The molecule has 0 aliphatic heterocycles. The molecule has 0 atom stereocenters. The van der Waals surface area contributed by atoms with Crippen LogP contribution in [0.1, 0.15) is 15.5 Å². The molecule has 2 aromatic heterocycles. The van der Waals surface area contributed by atoms with Crippen LogP contribution in [0.5, 0.6) is 5.75 Å². The fourth-order valence-corrected chi connectivity index (χ4v) is 2.26. The molecule has 3 aromatic rings. The topological polar surface area (TPSA) is 89.9 Å². The van der Waals surface area contributed by atoms with Crippen molar-refractivity contribution in [1.29, 1.82) is 0 Å². The quantitative estimate of drug-likeness (QED) is 0.771. The lowest BCUT2D eigenvalue weighted by molar-refractivity contribution is 0.102. The van der Waals surface area contributed by atoms with Gasteiger partial charge in [0.2, 0.25) is 5.13 Å². The highest BCUT2D eigenvalue weighted by Crippen LogP contribution is 2.18. The van der Waals surface area contributed by atoms with E-state index in [0.717, 1.165) is 0 Å². The van der Waals surface area contributed by atoms with Gasteiger partial charge in [-0.3, -0.25) is 15.1 Å². The van der Waals surface area contributed by atoms with Crippen LogP contribution in [0.2, 0.25) is 0 Å². The lowest BCUT2D eigenvalue weighted by Gasteiger charge is -2.02. The van der Waals surface area contributed by atoms with Crippen LogP contribution < -0.4 is 10.1 Å². The van der Waals surface area contributed by atoms with E-state index in [9.17, 15) is 9.18 Å². The molecule has 116 valence electrons. The van der Waals surface area contributed by atoms with Gasteiger partial charge in [0.05, 0.1) is 6.20 Å². The maximum absolute atomic E-state index is 12.8. The van der Waals surface area contributed by atoms with E-state index < -0.39 is 5.91 Å². The molecule has 1 aromatic carbocycles. The molecule has 2 heterocycles. The van der Waals surface area contributed by atoms with Crippen LogP contribution in [0.3, 0.4) is 0 Å². The minimum Gasteiger partial charge on any atom is -0.486 e. The number of aromatic nitrogens is 4. The van der Waals surface area contributed by atoms with Gasteiger partial charge in [-0.25, -0.2) is 9.37 Å². The summed E-state index contributed by atoms with van der Waals surface area (Å²) in [5.74, 6) is -0.228. The number of halogens is 1. The summed E-state index contributed by atoms with van der Waals surface area (Å²) in [6.45, 7) is 0.171. The summed E-state index contributed by atoms with van der Waals surface area (Å²) in [5.41, 5.74) is 0.187. The summed E-state index contributed by atoms with van der Waals surface area (Å²) >= 11 is 1.18. The summed E-state index contributed by atoms with van der Waals surface area (Å²) in [4.78, 5) is 19.6. The maximum Gasteiger partial charge on any atom is 0.277 e. The number of nitrogens with zero attached hydrogens (tertiary/aromatic N) is 4. The molecule has 0 bridgehead atoms. The molecule has 7 nitrogen and oxygen atoms in total. The van der Waals surface area contributed by atoms with Crippen molar-refractivity contribution >= 4 is 22.4 Å². The van der Waals surface area contributed by atoms with Gasteiger partial charge in [0.1, 0.15) is 23.9 Å². The van der Waals surface area contributed by atoms with Gasteiger partial charge in [0, 0.05) is 12.4 Å². The van der Waals surface area contributed by atoms with E-state index in [-0.39, 0.29) is 18.1 Å². The maximum atomic E-state index is 12.8. The summed E-state index contributed by atoms with van der Waals surface area (Å²) in [6, 6.07) is 5.66. The van der Waals surface area contributed by atoms with Crippen LogP contribution in [0, 0.1) is 5.82 Å². The SMILES string of the molecule is O=C(Nc1nnc(COc2ccc(F)cc2)s1)c1cnccn1. The molecule has 1 amide bonds. The molecule has 1 N–H and O–H groups in total. The molecule has 0 saturated heterocycles. The van der Waals surface area contributed by atoms with E-state index >= 15 is 0 Å². The van der Waals surface area contributed by atoms with Gasteiger partial charge < -0.3 is 4.74 Å². The molecule has 0 radical (unpaired) electrons. The first-order chi connectivity index (χ1) is 11.2. The Bertz CT molecular complexity index is 794. The number of nitrogens with one attached hydrogen (secondary N) is 1. The largest absolute Gasteiger partial charge is 0.486 e. The molecule has 3 rings (SSSR count). The second-order valence-corrected chi connectivity index (χ2v) is 5.35. The van der Waals surface area contributed by atoms with Crippen LogP contribution in [0.4, 0.5) is 9.52 Å². The van der Waals surface area contributed by atoms with Crippen LogP contribution >= 0.6 is 11.3 Å². The lowest BCUT2D eigenvalue weighted by Crippen LogP contribution is -2.13. The number of amides is 1. The van der Waals surface area contributed by atoms with Gasteiger partial charge in [-0.1, -0.05) is 11.3 Å². The lowest BCUT2D eigenvalue weighted by atomic mass is 10.3. The van der Waals surface area contributed by atoms with Gasteiger partial charge in [0.25, 0.3) is 5.91 Å². The number of benzene rings is 1. The Morgan fingerprint density at radius 2 is 2.04 bits per heavy atom. The van der Waals surface area contributed by atoms with Gasteiger partial charge in [0.15, 0.2) is 5.01 Å². The van der Waals surface area contributed by atoms with E-state index in [1.165, 1.54) is 54.2 Å². The highest BCUT2D eigenvalue weighted by Gasteiger charge is 2.11. The van der Waals surface area contributed by atoms with Crippen molar-refractivity contribution in [2.24, 2.45) is 0 Å². The van der Waals surface area contributed by atoms with Crippen molar-refractivity contribution < 1.29 is 13.9 Å². The normalized spacial score (nSPS) is 10.3. The second-order valence-electron chi connectivity index (χ2n) is 4.29. The van der Waals surface area contributed by atoms with Gasteiger partial charge >= 0.3 is 0 Å². The Morgan fingerprint density at radius 1 is 1.22 bits per heavy atom. The van der Waals surface area contributed by atoms with Gasteiger partial charge in [-0.05, 0) is 24.3 Å². The van der Waals surface area contributed by atoms with E-state index in [4.69, 9.17) is 4.74 Å². The number of hydrogen-bond donors (Lipinski definition) is 1. The first-order valence-electron chi connectivity index (χ1n) is 6.49. The van der Waals surface area contributed by atoms with E-state index in [1.807, 2.05) is 0 Å². The summed E-state index contributed by atoms with van der Waals surface area (Å²) < 4.78 is 18.2. The van der Waals surface area contributed by atoms with Crippen molar-refractivity contribution in [3.63, 3.8) is 0 Å². The molecule has 0 aliphatic rings. The zero-order valence-corrected chi connectivity index (χ0v) is 12.5. The predicted molar refractivity (Wildman–Crippen MR) is 80.6 cm³/mol. The average Bonchev–Trinajstić information content (AvgIpc) is 3.02. The van der Waals surface area contributed by atoms with Crippen LogP contribution in [-0.4, -0.2) is 26.1 Å². The first kappa shape index (κ1) is 15.0. The number of carbonyl (C=O) groups excluding carboxylic acids is 1. The smallest absolute Gasteiger partial charge is 0.277 e. The van der Waals surface area contributed by atoms with E-state index in [1.54, 1.807) is 0 Å². The third kappa shape index (κ3) is 4.04. The van der Waals surface area contributed by atoms with E-state index in [2.05, 4.69) is 25.5 Å². The van der Waals surface area contributed by atoms with Gasteiger partial charge in [-0.2, -0.15) is 0 Å². The standard InChI is InChI=1S/C14H10FN5O2S/c15-9-1-3-10(4-2-9)22-8-12-19-20-14(23-12)18-13(21)11-7-16-5-6-17-11/h1-7H,8H2,(H,18,20,21). The molecule has 0 fully saturated rings. The van der Waals surface area contributed by atoms with Crippen molar-refractivity contribution in [3.8, 4) is 5.75 Å². The fraction of sp³-hybridized carbons (Fsp3) is 0.0714. The summed E-state index contributed by atoms with van der Waals surface area (Å²) in [7, 11) is 0.